The Kier molecular flexibility index (Phi) is 4.71. The number of rotatable bonds is 0. The van der Waals surface area contributed by atoms with Gasteiger partial charge in [0.25, 0.3) is 0 Å². The van der Waals surface area contributed by atoms with Crippen molar-refractivity contribution >= 4 is 0 Å². The molecule has 12 heavy (non-hydrogen) atoms. The molecule has 0 amide bonds. The summed E-state index contributed by atoms with van der Waals surface area (Å²) in [5.41, 5.74) is 1.50. The molecule has 0 spiro atoms. The zero-order chi connectivity index (χ0) is 9.61. The Balaban J connectivity index is 0.000000217. The molecule has 0 saturated carbocycles. The van der Waals surface area contributed by atoms with Crippen molar-refractivity contribution in [1.82, 2.24) is 0 Å². The Labute approximate surface area is 70.8 Å². The van der Waals surface area contributed by atoms with E-state index in [1.54, 1.807) is 0 Å². The monoisotopic (exact) mass is 178 g/mol. The van der Waals surface area contributed by atoms with E-state index in [4.69, 9.17) is 0 Å². The van der Waals surface area contributed by atoms with Gasteiger partial charge in [0.1, 0.15) is 0 Å². The molecule has 0 atom stereocenters. The van der Waals surface area contributed by atoms with E-state index < -0.39 is 6.18 Å². The smallest absolute Gasteiger partial charge is 0.172 e. The lowest BCUT2D eigenvalue weighted by Crippen LogP contribution is -1.95. The third-order valence-electron chi connectivity index (χ3n) is 1.22. The average Bonchev–Trinajstić information content (AvgIpc) is 1.85. The van der Waals surface area contributed by atoms with E-state index in [-0.39, 0.29) is 6.92 Å². The second kappa shape index (κ2) is 5.01. The van der Waals surface area contributed by atoms with Gasteiger partial charge in [-0.05, 0) is 19.8 Å². The van der Waals surface area contributed by atoms with Crippen LogP contribution in [-0.2, 0) is 0 Å². The van der Waals surface area contributed by atoms with Crippen LogP contribution in [0.2, 0.25) is 0 Å². The lowest BCUT2D eigenvalue weighted by molar-refractivity contribution is -0.110. The van der Waals surface area contributed by atoms with E-state index in [1.807, 2.05) is 0 Å². The summed E-state index contributed by atoms with van der Waals surface area (Å²) in [5.74, 6) is 0. The van der Waals surface area contributed by atoms with Crippen molar-refractivity contribution in [3.05, 3.63) is 23.8 Å². The maximum Gasteiger partial charge on any atom is 0.386 e. The molecule has 0 N–H and O–H groups in total. The lowest BCUT2D eigenvalue weighted by Gasteiger charge is -1.98. The minimum absolute atomic E-state index is 0.188. The molecular formula is C9H13F3. The quantitative estimate of drug-likeness (QED) is 0.528. The predicted molar refractivity (Wildman–Crippen MR) is 43.9 cm³/mol. The van der Waals surface area contributed by atoms with E-state index in [1.165, 1.54) is 18.4 Å². The van der Waals surface area contributed by atoms with Crippen LogP contribution in [0.25, 0.3) is 0 Å². The molecule has 0 unspecified atom stereocenters. The van der Waals surface area contributed by atoms with Gasteiger partial charge in [0, 0.05) is 6.92 Å². The molecule has 0 aliphatic heterocycles. The van der Waals surface area contributed by atoms with Crippen molar-refractivity contribution in [2.75, 3.05) is 0 Å². The van der Waals surface area contributed by atoms with Crippen LogP contribution in [0.1, 0.15) is 26.7 Å². The van der Waals surface area contributed by atoms with Crippen LogP contribution < -0.4 is 0 Å². The molecule has 3 heteroatoms. The number of hydrogen-bond donors (Lipinski definition) is 0. The lowest BCUT2D eigenvalue weighted by atomic mass is 10.1. The van der Waals surface area contributed by atoms with Crippen molar-refractivity contribution in [3.63, 3.8) is 0 Å². The highest BCUT2D eigenvalue weighted by molar-refractivity contribution is 5.15. The fraction of sp³-hybridized carbons (Fsp3) is 0.556. The number of halogens is 3. The predicted octanol–water partition coefficient (Wildman–Crippen LogP) is 3.85. The first-order valence-electron chi connectivity index (χ1n) is 3.78. The second-order valence-corrected chi connectivity index (χ2v) is 2.76. The van der Waals surface area contributed by atoms with Gasteiger partial charge < -0.3 is 0 Å². The average molecular weight is 178 g/mol. The first kappa shape index (κ1) is 11.3. The third-order valence-corrected chi connectivity index (χ3v) is 1.22. The van der Waals surface area contributed by atoms with Crippen molar-refractivity contribution in [1.29, 1.82) is 0 Å². The fourth-order valence-corrected chi connectivity index (χ4v) is 0.723. The van der Waals surface area contributed by atoms with E-state index in [0.717, 1.165) is 0 Å². The molecule has 0 heterocycles. The van der Waals surface area contributed by atoms with Gasteiger partial charge in [-0.1, -0.05) is 23.8 Å². The Bertz CT molecular complexity index is 169. The standard InChI is InChI=1S/C7H10.C2H3F3/c1-7-5-3-2-4-6-7;1-2(3,4)5/h2-3,5H,4,6H2,1H3;1H3. The molecule has 0 saturated heterocycles. The zero-order valence-corrected chi connectivity index (χ0v) is 7.28. The van der Waals surface area contributed by atoms with Gasteiger partial charge >= 0.3 is 6.18 Å². The van der Waals surface area contributed by atoms with Gasteiger partial charge in [0.2, 0.25) is 0 Å². The molecule has 0 aromatic carbocycles. The summed E-state index contributed by atoms with van der Waals surface area (Å²) in [6, 6.07) is 0. The van der Waals surface area contributed by atoms with Crippen molar-refractivity contribution in [2.45, 2.75) is 32.9 Å². The molecule has 0 fully saturated rings. The summed E-state index contributed by atoms with van der Waals surface area (Å²) >= 11 is 0. The van der Waals surface area contributed by atoms with Crippen molar-refractivity contribution < 1.29 is 13.2 Å². The number of hydrogen-bond acceptors (Lipinski definition) is 0. The largest absolute Gasteiger partial charge is 0.386 e. The van der Waals surface area contributed by atoms with Crippen LogP contribution in [0.5, 0.6) is 0 Å². The highest BCUT2D eigenvalue weighted by atomic mass is 19.4. The van der Waals surface area contributed by atoms with E-state index in [2.05, 4.69) is 25.2 Å². The van der Waals surface area contributed by atoms with Gasteiger partial charge in [0.15, 0.2) is 0 Å². The molecule has 0 aromatic heterocycles. The minimum atomic E-state index is -4.00. The molecule has 1 aliphatic carbocycles. The third kappa shape index (κ3) is 12.0. The summed E-state index contributed by atoms with van der Waals surface area (Å²) < 4.78 is 31.1. The molecule has 1 rings (SSSR count). The minimum Gasteiger partial charge on any atom is -0.172 e. The highest BCUT2D eigenvalue weighted by Crippen LogP contribution is 2.10. The topological polar surface area (TPSA) is 0 Å². The maximum absolute atomic E-state index is 10.4. The molecule has 0 aromatic rings. The highest BCUT2D eigenvalue weighted by Gasteiger charge is 2.15. The van der Waals surface area contributed by atoms with Crippen molar-refractivity contribution in [2.24, 2.45) is 0 Å². The van der Waals surface area contributed by atoms with Crippen LogP contribution in [0.4, 0.5) is 13.2 Å². The zero-order valence-electron chi connectivity index (χ0n) is 7.28. The number of alkyl halides is 3. The first-order chi connectivity index (χ1) is 5.39. The summed E-state index contributed by atoms with van der Waals surface area (Å²) in [6.07, 6.45) is 4.99. The molecule has 0 bridgehead atoms. The van der Waals surface area contributed by atoms with E-state index in [9.17, 15) is 13.2 Å². The van der Waals surface area contributed by atoms with E-state index in [0.29, 0.717) is 0 Å². The first-order valence-corrected chi connectivity index (χ1v) is 3.78. The SMILES string of the molecule is CC(F)(F)F.CC1=CC=CCC1. The Morgan fingerprint density at radius 3 is 2.00 bits per heavy atom. The Morgan fingerprint density at radius 2 is 1.83 bits per heavy atom. The molecule has 1 aliphatic rings. The molecule has 70 valence electrons. The van der Waals surface area contributed by atoms with Gasteiger partial charge in [-0.2, -0.15) is 13.2 Å². The fourth-order valence-electron chi connectivity index (χ4n) is 0.723. The van der Waals surface area contributed by atoms with E-state index >= 15 is 0 Å². The summed E-state index contributed by atoms with van der Waals surface area (Å²) in [6.45, 7) is 2.36. The molecule has 0 radical (unpaired) electrons. The van der Waals surface area contributed by atoms with Gasteiger partial charge in [-0.25, -0.2) is 0 Å². The van der Waals surface area contributed by atoms with Crippen molar-refractivity contribution in [3.8, 4) is 0 Å². The summed E-state index contributed by atoms with van der Waals surface area (Å²) in [7, 11) is 0. The normalized spacial score (nSPS) is 16.2. The van der Waals surface area contributed by atoms with Gasteiger partial charge in [0.05, 0.1) is 0 Å². The van der Waals surface area contributed by atoms with Crippen LogP contribution in [0, 0.1) is 0 Å². The molecular weight excluding hydrogens is 165 g/mol. The second-order valence-electron chi connectivity index (χ2n) is 2.76. The van der Waals surface area contributed by atoms with Gasteiger partial charge in [-0.3, -0.25) is 0 Å². The Hall–Kier alpha value is -0.730. The Morgan fingerprint density at radius 1 is 1.33 bits per heavy atom. The van der Waals surface area contributed by atoms with Crippen LogP contribution in [-0.4, -0.2) is 6.18 Å². The summed E-state index contributed by atoms with van der Waals surface area (Å²) in [5, 5.41) is 0. The number of allylic oxidation sites excluding steroid dienone is 4. The summed E-state index contributed by atoms with van der Waals surface area (Å²) in [4.78, 5) is 0. The molecule has 0 nitrogen and oxygen atoms in total. The van der Waals surface area contributed by atoms with Crippen LogP contribution >= 0.6 is 0 Å². The van der Waals surface area contributed by atoms with Crippen LogP contribution in [0.15, 0.2) is 23.8 Å². The van der Waals surface area contributed by atoms with Crippen LogP contribution in [0.3, 0.4) is 0 Å². The maximum atomic E-state index is 10.4. The van der Waals surface area contributed by atoms with Gasteiger partial charge in [-0.15, -0.1) is 0 Å².